The van der Waals surface area contributed by atoms with E-state index in [0.29, 0.717) is 54.3 Å². The Balaban J connectivity index is 1.20. The minimum absolute atomic E-state index is 0.155. The molecule has 0 bridgehead atoms. The van der Waals surface area contributed by atoms with Gasteiger partial charge in [-0.25, -0.2) is 4.79 Å². The van der Waals surface area contributed by atoms with Gasteiger partial charge in [0.2, 0.25) is 0 Å². The first-order valence-corrected chi connectivity index (χ1v) is 14.1. The number of hydrogen-bond acceptors (Lipinski definition) is 5. The van der Waals surface area contributed by atoms with Gasteiger partial charge in [-0.15, -0.1) is 0 Å². The maximum Gasteiger partial charge on any atom is 0.331 e. The fraction of sp³-hybridized carbons (Fsp3) is 0.242. The van der Waals surface area contributed by atoms with Gasteiger partial charge in [-0.05, 0) is 78.6 Å². The van der Waals surface area contributed by atoms with Crippen molar-refractivity contribution in [1.82, 2.24) is 14.1 Å². The van der Waals surface area contributed by atoms with Crippen LogP contribution in [-0.4, -0.2) is 26.6 Å². The number of carbonyl (C=O) groups excluding carboxylic acids is 1. The molecule has 2 aromatic heterocycles. The third-order valence-corrected chi connectivity index (χ3v) is 6.82. The number of ether oxygens (including phenoxy) is 2. The highest BCUT2D eigenvalue weighted by atomic mass is 16.5. The van der Waals surface area contributed by atoms with E-state index in [9.17, 15) is 14.4 Å². The number of aromatic nitrogens is 3. The molecule has 0 aliphatic heterocycles. The molecule has 1 amide bonds. The lowest BCUT2D eigenvalue weighted by Crippen LogP contribution is -2.39. The Hall–Kier alpha value is -5.05. The largest absolute Gasteiger partial charge is 0.489 e. The average Bonchev–Trinajstić information content (AvgIpc) is 3.46. The van der Waals surface area contributed by atoms with Crippen molar-refractivity contribution in [3.63, 3.8) is 0 Å². The second-order valence-corrected chi connectivity index (χ2v) is 9.99. The normalized spacial score (nSPS) is 11.0. The number of amides is 1. The van der Waals surface area contributed by atoms with Crippen molar-refractivity contribution in [1.29, 1.82) is 0 Å². The number of benzene rings is 3. The monoisotopic (exact) mass is 566 g/mol. The number of fused-ring (bicyclic) bond motifs is 1. The van der Waals surface area contributed by atoms with Crippen LogP contribution < -0.4 is 26.0 Å². The van der Waals surface area contributed by atoms with Crippen molar-refractivity contribution < 1.29 is 14.3 Å². The molecule has 0 fully saturated rings. The lowest BCUT2D eigenvalue weighted by molar-refractivity contribution is -0.118. The summed E-state index contributed by atoms with van der Waals surface area (Å²) in [6.07, 6.45) is 1.46. The molecule has 0 radical (unpaired) electrons. The maximum atomic E-state index is 13.0. The minimum Gasteiger partial charge on any atom is -0.489 e. The van der Waals surface area contributed by atoms with E-state index in [-0.39, 0.29) is 23.8 Å². The summed E-state index contributed by atoms with van der Waals surface area (Å²) >= 11 is 0. The molecule has 9 nitrogen and oxygen atoms in total. The third kappa shape index (κ3) is 6.46. The van der Waals surface area contributed by atoms with Crippen molar-refractivity contribution in [2.45, 2.75) is 46.4 Å². The van der Waals surface area contributed by atoms with Crippen molar-refractivity contribution in [2.75, 3.05) is 11.9 Å². The van der Waals surface area contributed by atoms with Crippen molar-refractivity contribution in [2.24, 2.45) is 0 Å². The van der Waals surface area contributed by atoms with Gasteiger partial charge in [-0.1, -0.05) is 44.2 Å². The van der Waals surface area contributed by atoms with Gasteiger partial charge in [0.1, 0.15) is 23.6 Å². The first kappa shape index (κ1) is 28.5. The van der Waals surface area contributed by atoms with E-state index in [1.54, 1.807) is 28.8 Å². The Morgan fingerprint density at radius 1 is 0.810 bits per heavy atom. The van der Waals surface area contributed by atoms with Gasteiger partial charge in [0.15, 0.2) is 6.61 Å². The lowest BCUT2D eigenvalue weighted by Gasteiger charge is -2.10. The summed E-state index contributed by atoms with van der Waals surface area (Å²) in [5.41, 5.74) is 3.70. The molecular weight excluding hydrogens is 532 g/mol. The third-order valence-electron chi connectivity index (χ3n) is 6.82. The van der Waals surface area contributed by atoms with Crippen LogP contribution in [0.25, 0.3) is 22.3 Å². The molecule has 5 aromatic rings. The van der Waals surface area contributed by atoms with Crippen LogP contribution >= 0.6 is 0 Å². The fourth-order valence-corrected chi connectivity index (χ4v) is 4.76. The van der Waals surface area contributed by atoms with Gasteiger partial charge in [0.05, 0.1) is 5.52 Å². The molecule has 3 aromatic carbocycles. The number of hydrogen-bond donors (Lipinski definition) is 2. The standard InChI is InChI=1S/C33H34N4O5/c1-3-18-36-29-20-28(35-31(29)32(39)37(19-4-2)33(36)40)24-10-14-26(15-11-24)42-22-30(38)34-25-12-16-27(17-13-25)41-21-23-8-6-5-7-9-23/h5-17,20,35H,3-4,18-19,21-22H2,1-2H3,(H,34,38). The zero-order chi connectivity index (χ0) is 29.5. The first-order chi connectivity index (χ1) is 20.5. The average molecular weight is 567 g/mol. The molecule has 0 aliphatic carbocycles. The Bertz CT molecular complexity index is 1770. The number of aryl methyl sites for hydroxylation is 1. The van der Waals surface area contributed by atoms with Crippen LogP contribution in [0, 0.1) is 0 Å². The van der Waals surface area contributed by atoms with E-state index < -0.39 is 0 Å². The van der Waals surface area contributed by atoms with E-state index in [1.807, 2.05) is 74.5 Å². The predicted octanol–water partition coefficient (Wildman–Crippen LogP) is 5.57. The molecule has 0 saturated carbocycles. The fourth-order valence-electron chi connectivity index (χ4n) is 4.76. The molecule has 0 aliphatic rings. The molecule has 0 spiro atoms. The highest BCUT2D eigenvalue weighted by Gasteiger charge is 2.16. The second-order valence-electron chi connectivity index (χ2n) is 9.99. The first-order valence-electron chi connectivity index (χ1n) is 14.1. The van der Waals surface area contributed by atoms with Crippen molar-refractivity contribution >= 4 is 22.6 Å². The van der Waals surface area contributed by atoms with E-state index in [4.69, 9.17) is 9.47 Å². The number of nitrogens with zero attached hydrogens (tertiary/aromatic N) is 2. The van der Waals surface area contributed by atoms with Crippen LogP contribution in [-0.2, 0) is 24.5 Å². The summed E-state index contributed by atoms with van der Waals surface area (Å²) in [6, 6.07) is 26.1. The number of carbonyl (C=O) groups is 1. The van der Waals surface area contributed by atoms with Crippen LogP contribution in [0.2, 0.25) is 0 Å². The van der Waals surface area contributed by atoms with Crippen LogP contribution in [0.15, 0.2) is 94.5 Å². The van der Waals surface area contributed by atoms with Gasteiger partial charge in [-0.2, -0.15) is 0 Å². The highest BCUT2D eigenvalue weighted by Crippen LogP contribution is 2.25. The quantitative estimate of drug-likeness (QED) is 0.205. The maximum absolute atomic E-state index is 13.0. The van der Waals surface area contributed by atoms with E-state index in [2.05, 4.69) is 10.3 Å². The summed E-state index contributed by atoms with van der Waals surface area (Å²) in [6.45, 7) is 5.15. The smallest absolute Gasteiger partial charge is 0.331 e. The van der Waals surface area contributed by atoms with E-state index in [0.717, 1.165) is 23.2 Å². The minimum atomic E-state index is -0.309. The van der Waals surface area contributed by atoms with Crippen LogP contribution in [0.4, 0.5) is 5.69 Å². The summed E-state index contributed by atoms with van der Waals surface area (Å²) in [5, 5.41) is 2.82. The molecule has 9 heteroatoms. The Kier molecular flexibility index (Phi) is 8.87. The molecule has 2 N–H and O–H groups in total. The van der Waals surface area contributed by atoms with Gasteiger partial charge in [-0.3, -0.25) is 18.7 Å². The molecule has 216 valence electrons. The zero-order valence-corrected chi connectivity index (χ0v) is 23.8. The van der Waals surface area contributed by atoms with Crippen LogP contribution in [0.5, 0.6) is 11.5 Å². The van der Waals surface area contributed by atoms with Crippen molar-refractivity contribution in [3.05, 3.63) is 111 Å². The van der Waals surface area contributed by atoms with Gasteiger partial charge in [0.25, 0.3) is 11.5 Å². The highest BCUT2D eigenvalue weighted by molar-refractivity contribution is 5.92. The number of aromatic amines is 1. The SMILES string of the molecule is CCCn1c(=O)c2[nH]c(-c3ccc(OCC(=O)Nc4ccc(OCc5ccccc5)cc4)cc3)cc2n(CCC)c1=O. The molecular formula is C33H34N4O5. The summed E-state index contributed by atoms with van der Waals surface area (Å²) in [5.74, 6) is 0.955. The van der Waals surface area contributed by atoms with Gasteiger partial charge in [0, 0.05) is 24.5 Å². The number of anilines is 1. The zero-order valence-electron chi connectivity index (χ0n) is 23.8. The predicted molar refractivity (Wildman–Crippen MR) is 164 cm³/mol. The van der Waals surface area contributed by atoms with Crippen LogP contribution in [0.1, 0.15) is 32.3 Å². The topological polar surface area (TPSA) is 107 Å². The molecule has 0 saturated heterocycles. The van der Waals surface area contributed by atoms with E-state index in [1.165, 1.54) is 4.57 Å². The summed E-state index contributed by atoms with van der Waals surface area (Å²) in [4.78, 5) is 41.7. The number of rotatable bonds is 12. The van der Waals surface area contributed by atoms with Gasteiger partial charge >= 0.3 is 5.69 Å². The Morgan fingerprint density at radius 3 is 2.14 bits per heavy atom. The Morgan fingerprint density at radius 2 is 1.45 bits per heavy atom. The number of H-pyrrole nitrogens is 1. The summed E-state index contributed by atoms with van der Waals surface area (Å²) < 4.78 is 14.4. The Labute approximate surface area is 243 Å². The van der Waals surface area contributed by atoms with Crippen LogP contribution in [0.3, 0.4) is 0 Å². The molecule has 42 heavy (non-hydrogen) atoms. The number of nitrogens with one attached hydrogen (secondary N) is 2. The molecule has 0 atom stereocenters. The van der Waals surface area contributed by atoms with Gasteiger partial charge < -0.3 is 19.8 Å². The molecule has 0 unspecified atom stereocenters. The van der Waals surface area contributed by atoms with Crippen molar-refractivity contribution in [3.8, 4) is 22.8 Å². The van der Waals surface area contributed by atoms with E-state index >= 15 is 0 Å². The molecule has 2 heterocycles. The lowest BCUT2D eigenvalue weighted by atomic mass is 10.1. The summed E-state index contributed by atoms with van der Waals surface area (Å²) in [7, 11) is 0. The molecule has 5 rings (SSSR count). The second kappa shape index (κ2) is 13.1.